The number of likely N-dealkylation sites (N-methyl/N-ethyl adjacent to an activating group) is 1. The Balaban J connectivity index is 0.000000207. The summed E-state index contributed by atoms with van der Waals surface area (Å²) in [6.45, 7) is 0.791. The first-order valence-corrected chi connectivity index (χ1v) is 10.6. The molecule has 0 bridgehead atoms. The quantitative estimate of drug-likeness (QED) is 0.526. The molecular formula is C25H30FNO4. The van der Waals surface area contributed by atoms with Crippen molar-refractivity contribution < 1.29 is 23.1 Å². The molecule has 0 aliphatic heterocycles. The minimum atomic E-state index is -0.195. The van der Waals surface area contributed by atoms with Crippen molar-refractivity contribution in [2.45, 2.75) is 37.5 Å². The number of hydrogen-bond donors (Lipinski definition) is 1. The van der Waals surface area contributed by atoms with Crippen molar-refractivity contribution in [3.8, 4) is 11.5 Å². The van der Waals surface area contributed by atoms with Crippen LogP contribution in [-0.4, -0.2) is 34.1 Å². The SMILES string of the molecule is CNCC1(c2cc(OC)c(OC)cc2F)CCCCC1.O=Cc1cc2ccccc2o1. The highest BCUT2D eigenvalue weighted by Gasteiger charge is 2.36. The lowest BCUT2D eigenvalue weighted by atomic mass is 9.69. The zero-order chi connectivity index (χ0) is 22.3. The normalized spacial score (nSPS) is 15.1. The van der Waals surface area contributed by atoms with E-state index in [1.54, 1.807) is 13.2 Å². The van der Waals surface area contributed by atoms with E-state index in [0.29, 0.717) is 23.5 Å². The number of aldehydes is 1. The molecule has 0 saturated heterocycles. The van der Waals surface area contributed by atoms with Crippen LogP contribution in [0.2, 0.25) is 0 Å². The van der Waals surface area contributed by atoms with Gasteiger partial charge in [-0.2, -0.15) is 0 Å². The molecule has 0 amide bonds. The summed E-state index contributed by atoms with van der Waals surface area (Å²) in [6, 6.07) is 12.5. The first kappa shape index (κ1) is 22.8. The highest BCUT2D eigenvalue weighted by molar-refractivity contribution is 5.84. The van der Waals surface area contributed by atoms with Crippen molar-refractivity contribution >= 4 is 17.3 Å². The van der Waals surface area contributed by atoms with Crippen molar-refractivity contribution in [1.29, 1.82) is 0 Å². The van der Waals surface area contributed by atoms with Crippen LogP contribution in [-0.2, 0) is 5.41 Å². The number of carbonyl (C=O) groups is 1. The molecule has 5 nitrogen and oxygen atoms in total. The number of para-hydroxylation sites is 1. The van der Waals surface area contributed by atoms with Crippen LogP contribution in [0.25, 0.3) is 11.0 Å². The second kappa shape index (κ2) is 10.4. The fraction of sp³-hybridized carbons (Fsp3) is 0.400. The molecule has 1 fully saturated rings. The van der Waals surface area contributed by atoms with Gasteiger partial charge in [0.15, 0.2) is 23.5 Å². The summed E-state index contributed by atoms with van der Waals surface area (Å²) in [5.74, 6) is 1.24. The molecule has 1 N–H and O–H groups in total. The van der Waals surface area contributed by atoms with Crippen molar-refractivity contribution in [2.24, 2.45) is 0 Å². The van der Waals surface area contributed by atoms with Gasteiger partial charge in [0, 0.05) is 23.4 Å². The zero-order valence-corrected chi connectivity index (χ0v) is 18.4. The van der Waals surface area contributed by atoms with Gasteiger partial charge < -0.3 is 19.2 Å². The number of benzene rings is 2. The van der Waals surface area contributed by atoms with Crippen molar-refractivity contribution in [2.75, 3.05) is 27.8 Å². The maximum absolute atomic E-state index is 14.5. The van der Waals surface area contributed by atoms with E-state index < -0.39 is 0 Å². The molecule has 0 radical (unpaired) electrons. The van der Waals surface area contributed by atoms with Crippen LogP contribution in [0.4, 0.5) is 4.39 Å². The van der Waals surface area contributed by atoms with E-state index >= 15 is 0 Å². The molecule has 6 heteroatoms. The third-order valence-corrected chi connectivity index (χ3v) is 5.93. The zero-order valence-electron chi connectivity index (χ0n) is 18.4. The molecule has 1 heterocycles. The Kier molecular flexibility index (Phi) is 7.69. The molecule has 1 aliphatic carbocycles. The van der Waals surface area contributed by atoms with Gasteiger partial charge in [0.2, 0.25) is 0 Å². The number of hydrogen-bond acceptors (Lipinski definition) is 5. The monoisotopic (exact) mass is 427 g/mol. The standard InChI is InChI=1S/C16H24FNO2.C9H6O2/c1-18-11-16(7-5-4-6-8-16)12-9-14(19-2)15(20-3)10-13(12)17;10-6-8-5-7-3-1-2-4-9(7)11-8/h9-10,18H,4-8,11H2,1-3H3;1-6H. The summed E-state index contributed by atoms with van der Waals surface area (Å²) in [5, 5.41) is 4.20. The van der Waals surface area contributed by atoms with Crippen molar-refractivity contribution in [3.05, 3.63) is 59.6 Å². The van der Waals surface area contributed by atoms with Gasteiger partial charge in [-0.05, 0) is 43.7 Å². The summed E-state index contributed by atoms with van der Waals surface area (Å²) in [7, 11) is 5.04. The highest BCUT2D eigenvalue weighted by Crippen LogP contribution is 2.43. The van der Waals surface area contributed by atoms with Crippen LogP contribution in [0, 0.1) is 5.82 Å². The maximum atomic E-state index is 14.5. The van der Waals surface area contributed by atoms with Gasteiger partial charge in [0.25, 0.3) is 0 Å². The van der Waals surface area contributed by atoms with E-state index in [1.807, 2.05) is 37.4 Å². The molecule has 4 rings (SSSR count). The number of rotatable bonds is 6. The summed E-state index contributed by atoms with van der Waals surface area (Å²) in [4.78, 5) is 10.3. The lowest BCUT2D eigenvalue weighted by Gasteiger charge is -2.38. The van der Waals surface area contributed by atoms with Gasteiger partial charge in [-0.15, -0.1) is 0 Å². The second-order valence-electron chi connectivity index (χ2n) is 7.86. The topological polar surface area (TPSA) is 60.7 Å². The average Bonchev–Trinajstić information content (AvgIpc) is 3.23. The number of methoxy groups -OCH3 is 2. The highest BCUT2D eigenvalue weighted by atomic mass is 19.1. The molecule has 3 aromatic rings. The van der Waals surface area contributed by atoms with Crippen LogP contribution < -0.4 is 14.8 Å². The van der Waals surface area contributed by atoms with Crippen LogP contribution in [0.15, 0.2) is 46.9 Å². The van der Waals surface area contributed by atoms with E-state index in [9.17, 15) is 9.18 Å². The third kappa shape index (κ3) is 5.07. The molecule has 0 atom stereocenters. The van der Waals surface area contributed by atoms with E-state index in [-0.39, 0.29) is 11.2 Å². The Labute approximate surface area is 182 Å². The number of carbonyl (C=O) groups excluding carboxylic acids is 1. The number of halogens is 1. The lowest BCUT2D eigenvalue weighted by molar-refractivity contribution is 0.110. The Bertz CT molecular complexity index is 969. The molecule has 1 aromatic heterocycles. The van der Waals surface area contributed by atoms with Crippen LogP contribution in [0.3, 0.4) is 0 Å². The predicted molar refractivity (Wildman–Crippen MR) is 120 cm³/mol. The predicted octanol–water partition coefficient (Wildman–Crippen LogP) is 5.51. The van der Waals surface area contributed by atoms with E-state index in [1.165, 1.54) is 19.6 Å². The minimum Gasteiger partial charge on any atom is -0.493 e. The molecular weight excluding hydrogens is 397 g/mol. The first-order chi connectivity index (χ1) is 15.1. The fourth-order valence-corrected chi connectivity index (χ4v) is 4.43. The number of fused-ring (bicyclic) bond motifs is 1. The summed E-state index contributed by atoms with van der Waals surface area (Å²) in [5.41, 5.74) is 1.38. The molecule has 1 aliphatic rings. The Morgan fingerprint density at radius 1 is 1.06 bits per heavy atom. The van der Waals surface area contributed by atoms with Gasteiger partial charge in [0.05, 0.1) is 14.2 Å². The molecule has 0 unspecified atom stereocenters. The lowest BCUT2D eigenvalue weighted by Crippen LogP contribution is -2.39. The smallest absolute Gasteiger partial charge is 0.185 e. The largest absolute Gasteiger partial charge is 0.493 e. The Morgan fingerprint density at radius 2 is 1.74 bits per heavy atom. The second-order valence-corrected chi connectivity index (χ2v) is 7.86. The number of nitrogens with one attached hydrogen (secondary N) is 1. The van der Waals surface area contributed by atoms with Gasteiger partial charge in [-0.1, -0.05) is 37.5 Å². The van der Waals surface area contributed by atoms with Gasteiger partial charge >= 0.3 is 0 Å². The Hall–Kier alpha value is -2.86. The van der Waals surface area contributed by atoms with Gasteiger partial charge in [-0.3, -0.25) is 4.79 Å². The first-order valence-electron chi connectivity index (χ1n) is 10.6. The number of furan rings is 1. The Morgan fingerprint density at radius 3 is 2.35 bits per heavy atom. The number of ether oxygens (including phenoxy) is 2. The third-order valence-electron chi connectivity index (χ3n) is 5.93. The average molecular weight is 428 g/mol. The van der Waals surface area contributed by atoms with E-state index in [4.69, 9.17) is 13.9 Å². The molecule has 31 heavy (non-hydrogen) atoms. The molecule has 0 spiro atoms. The van der Waals surface area contributed by atoms with Crippen molar-refractivity contribution in [1.82, 2.24) is 5.32 Å². The van der Waals surface area contributed by atoms with Crippen molar-refractivity contribution in [3.63, 3.8) is 0 Å². The summed E-state index contributed by atoms with van der Waals surface area (Å²) >= 11 is 0. The minimum absolute atomic E-state index is 0.128. The van der Waals surface area contributed by atoms with E-state index in [2.05, 4.69) is 5.32 Å². The summed E-state index contributed by atoms with van der Waals surface area (Å²) in [6.07, 6.45) is 6.27. The van der Waals surface area contributed by atoms with Crippen LogP contribution in [0.1, 0.15) is 48.2 Å². The van der Waals surface area contributed by atoms with Gasteiger partial charge in [-0.25, -0.2) is 4.39 Å². The molecule has 2 aromatic carbocycles. The molecule has 166 valence electrons. The fourth-order valence-electron chi connectivity index (χ4n) is 4.43. The van der Waals surface area contributed by atoms with Crippen LogP contribution >= 0.6 is 0 Å². The molecule has 1 saturated carbocycles. The van der Waals surface area contributed by atoms with Crippen LogP contribution in [0.5, 0.6) is 11.5 Å². The maximum Gasteiger partial charge on any atom is 0.185 e. The van der Waals surface area contributed by atoms with Gasteiger partial charge in [0.1, 0.15) is 11.4 Å². The van der Waals surface area contributed by atoms with E-state index in [0.717, 1.165) is 48.8 Å². The summed E-state index contributed by atoms with van der Waals surface area (Å²) < 4.78 is 30.2.